The zero-order valence-corrected chi connectivity index (χ0v) is 16.2. The molecule has 0 radical (unpaired) electrons. The van der Waals surface area contributed by atoms with Gasteiger partial charge in [0, 0.05) is 40.8 Å². The number of halogens is 2. The quantitative estimate of drug-likeness (QED) is 0.740. The molecule has 1 saturated heterocycles. The molecule has 27 heavy (non-hydrogen) atoms. The number of anilines is 1. The molecule has 1 aliphatic rings. The molecule has 1 fully saturated rings. The molecule has 0 aromatic heterocycles. The highest BCUT2D eigenvalue weighted by Gasteiger charge is 2.26. The van der Waals surface area contributed by atoms with Gasteiger partial charge in [-0.15, -0.1) is 0 Å². The lowest BCUT2D eigenvalue weighted by atomic mass is 9.95. The van der Waals surface area contributed by atoms with Gasteiger partial charge in [0.2, 0.25) is 11.8 Å². The number of carbonyl (C=O) groups is 2. The van der Waals surface area contributed by atoms with E-state index in [2.05, 4.69) is 5.32 Å². The fourth-order valence-electron chi connectivity index (χ4n) is 3.03. The Hall–Kier alpha value is -2.30. The molecule has 0 bridgehead atoms. The average Bonchev–Trinajstić information content (AvgIpc) is 2.68. The molecule has 1 aliphatic heterocycles. The summed E-state index contributed by atoms with van der Waals surface area (Å²) >= 11 is 12.0. The maximum Gasteiger partial charge on any atom is 0.246 e. The lowest BCUT2D eigenvalue weighted by molar-refractivity contribution is -0.130. The van der Waals surface area contributed by atoms with Gasteiger partial charge in [-0.3, -0.25) is 9.59 Å². The lowest BCUT2D eigenvalue weighted by Gasteiger charge is -2.30. The number of carbonyl (C=O) groups excluding carboxylic acids is 2. The van der Waals surface area contributed by atoms with Crippen molar-refractivity contribution in [3.05, 3.63) is 70.2 Å². The number of nitrogens with one attached hydrogen (secondary N) is 1. The normalized spacial score (nSPS) is 15.1. The minimum Gasteiger partial charge on any atom is -0.339 e. The number of amides is 2. The first kappa shape index (κ1) is 19.5. The second-order valence-corrected chi connectivity index (χ2v) is 7.30. The van der Waals surface area contributed by atoms with Gasteiger partial charge in [0.05, 0.1) is 0 Å². The van der Waals surface area contributed by atoms with Crippen molar-refractivity contribution in [1.82, 2.24) is 4.90 Å². The Kier molecular flexibility index (Phi) is 6.54. The maximum absolute atomic E-state index is 12.4. The summed E-state index contributed by atoms with van der Waals surface area (Å²) in [4.78, 5) is 26.5. The van der Waals surface area contributed by atoms with E-state index >= 15 is 0 Å². The van der Waals surface area contributed by atoms with Crippen LogP contribution in [0.25, 0.3) is 6.08 Å². The second kappa shape index (κ2) is 9.07. The van der Waals surface area contributed by atoms with Crippen molar-refractivity contribution in [1.29, 1.82) is 0 Å². The van der Waals surface area contributed by atoms with E-state index in [-0.39, 0.29) is 17.7 Å². The Labute approximate surface area is 168 Å². The number of hydrogen-bond acceptors (Lipinski definition) is 2. The first-order valence-corrected chi connectivity index (χ1v) is 9.56. The summed E-state index contributed by atoms with van der Waals surface area (Å²) in [6.45, 7) is 1.12. The molecular formula is C21H20Cl2N2O2. The van der Waals surface area contributed by atoms with E-state index in [4.69, 9.17) is 23.2 Å². The van der Waals surface area contributed by atoms with Crippen molar-refractivity contribution in [3.63, 3.8) is 0 Å². The average molecular weight is 403 g/mol. The standard InChI is InChI=1S/C21H20Cl2N2O2/c22-17-8-6-15(19(23)14-17)7-9-20(26)25-12-10-16(11-13-25)21(27)24-18-4-2-1-3-5-18/h1-9,14,16H,10-13H2,(H,24,27)/b9-7-. The Balaban J connectivity index is 1.51. The van der Waals surface area contributed by atoms with Crippen molar-refractivity contribution in [2.45, 2.75) is 12.8 Å². The molecule has 1 N–H and O–H groups in total. The van der Waals surface area contributed by atoms with Gasteiger partial charge in [0.25, 0.3) is 0 Å². The number of para-hydroxylation sites is 1. The van der Waals surface area contributed by atoms with Crippen LogP contribution in [-0.4, -0.2) is 29.8 Å². The maximum atomic E-state index is 12.4. The molecule has 1 heterocycles. The minimum atomic E-state index is -0.0806. The van der Waals surface area contributed by atoms with Gasteiger partial charge in [-0.1, -0.05) is 47.5 Å². The Morgan fingerprint density at radius 2 is 1.74 bits per heavy atom. The Bertz CT molecular complexity index is 845. The molecule has 6 heteroatoms. The largest absolute Gasteiger partial charge is 0.339 e. The summed E-state index contributed by atoms with van der Waals surface area (Å²) in [6, 6.07) is 14.6. The molecule has 0 unspecified atom stereocenters. The van der Waals surface area contributed by atoms with Crippen LogP contribution in [0.4, 0.5) is 5.69 Å². The molecule has 2 amide bonds. The van der Waals surface area contributed by atoms with E-state index in [1.54, 1.807) is 29.2 Å². The van der Waals surface area contributed by atoms with E-state index < -0.39 is 0 Å². The van der Waals surface area contributed by atoms with Crippen molar-refractivity contribution < 1.29 is 9.59 Å². The van der Waals surface area contributed by atoms with E-state index in [9.17, 15) is 9.59 Å². The minimum absolute atomic E-state index is 0.0109. The van der Waals surface area contributed by atoms with Gasteiger partial charge >= 0.3 is 0 Å². The first-order chi connectivity index (χ1) is 13.0. The fraction of sp³-hybridized carbons (Fsp3) is 0.238. The smallest absolute Gasteiger partial charge is 0.246 e. The number of benzene rings is 2. The zero-order chi connectivity index (χ0) is 19.2. The van der Waals surface area contributed by atoms with Crippen LogP contribution in [0.2, 0.25) is 10.0 Å². The molecule has 0 atom stereocenters. The van der Waals surface area contributed by atoms with Crippen LogP contribution in [0, 0.1) is 5.92 Å². The van der Waals surface area contributed by atoms with Crippen molar-refractivity contribution in [2.75, 3.05) is 18.4 Å². The highest BCUT2D eigenvalue weighted by atomic mass is 35.5. The third kappa shape index (κ3) is 5.34. The lowest BCUT2D eigenvalue weighted by Crippen LogP contribution is -2.40. The van der Waals surface area contributed by atoms with Gasteiger partial charge in [0.15, 0.2) is 0 Å². The predicted molar refractivity (Wildman–Crippen MR) is 110 cm³/mol. The molecule has 4 nitrogen and oxygen atoms in total. The van der Waals surface area contributed by atoms with Gasteiger partial charge in [-0.2, -0.15) is 0 Å². The van der Waals surface area contributed by atoms with Gasteiger partial charge in [-0.25, -0.2) is 0 Å². The molecule has 0 saturated carbocycles. The van der Waals surface area contributed by atoms with Crippen LogP contribution in [0.5, 0.6) is 0 Å². The second-order valence-electron chi connectivity index (χ2n) is 6.45. The van der Waals surface area contributed by atoms with E-state index in [0.717, 1.165) is 11.3 Å². The number of nitrogens with zero attached hydrogens (tertiary/aromatic N) is 1. The van der Waals surface area contributed by atoms with Crippen LogP contribution in [0.3, 0.4) is 0 Å². The monoisotopic (exact) mass is 402 g/mol. The molecule has 0 spiro atoms. The summed E-state index contributed by atoms with van der Waals surface area (Å²) in [5.74, 6) is -0.149. The molecule has 2 aromatic carbocycles. The van der Waals surface area contributed by atoms with Crippen LogP contribution < -0.4 is 5.32 Å². The van der Waals surface area contributed by atoms with E-state index in [1.807, 2.05) is 30.3 Å². The van der Waals surface area contributed by atoms with Gasteiger partial charge in [0.1, 0.15) is 0 Å². The van der Waals surface area contributed by atoms with Crippen molar-refractivity contribution in [3.8, 4) is 0 Å². The zero-order valence-electron chi connectivity index (χ0n) is 14.7. The van der Waals surface area contributed by atoms with Crippen molar-refractivity contribution in [2.24, 2.45) is 5.92 Å². The van der Waals surface area contributed by atoms with Gasteiger partial charge < -0.3 is 10.2 Å². The Morgan fingerprint density at radius 3 is 2.41 bits per heavy atom. The van der Waals surface area contributed by atoms with Crippen LogP contribution >= 0.6 is 23.2 Å². The summed E-state index contributed by atoms with van der Waals surface area (Å²) in [6.07, 6.45) is 4.51. The van der Waals surface area contributed by atoms with E-state index in [0.29, 0.717) is 36.0 Å². The van der Waals surface area contributed by atoms with Gasteiger partial charge in [-0.05, 0) is 48.7 Å². The topological polar surface area (TPSA) is 49.4 Å². The van der Waals surface area contributed by atoms with Crippen LogP contribution in [0.1, 0.15) is 18.4 Å². The molecule has 2 aromatic rings. The number of piperidine rings is 1. The number of likely N-dealkylation sites (tertiary alicyclic amines) is 1. The van der Waals surface area contributed by atoms with Crippen LogP contribution in [0.15, 0.2) is 54.6 Å². The molecule has 3 rings (SSSR count). The molecule has 140 valence electrons. The highest BCUT2D eigenvalue weighted by molar-refractivity contribution is 6.35. The van der Waals surface area contributed by atoms with Crippen molar-refractivity contribution >= 4 is 46.8 Å². The highest BCUT2D eigenvalue weighted by Crippen LogP contribution is 2.23. The number of hydrogen-bond donors (Lipinski definition) is 1. The van der Waals surface area contributed by atoms with E-state index in [1.165, 1.54) is 6.08 Å². The summed E-state index contributed by atoms with van der Waals surface area (Å²) in [5, 5.41) is 3.99. The molecule has 0 aliphatic carbocycles. The Morgan fingerprint density at radius 1 is 1.04 bits per heavy atom. The summed E-state index contributed by atoms with van der Waals surface area (Å²) in [5.41, 5.74) is 1.54. The summed E-state index contributed by atoms with van der Waals surface area (Å²) in [7, 11) is 0. The SMILES string of the molecule is O=C(Nc1ccccc1)C1CCN(C(=O)/C=C\c2ccc(Cl)cc2Cl)CC1. The summed E-state index contributed by atoms with van der Waals surface area (Å²) < 4.78 is 0. The molecular weight excluding hydrogens is 383 g/mol. The van der Waals surface area contributed by atoms with Crippen LogP contribution in [-0.2, 0) is 9.59 Å². The predicted octanol–water partition coefficient (Wildman–Crippen LogP) is 4.88. The number of rotatable bonds is 4. The third-order valence-corrected chi connectivity index (χ3v) is 5.15. The first-order valence-electron chi connectivity index (χ1n) is 8.81. The third-order valence-electron chi connectivity index (χ3n) is 4.59. The fourth-order valence-corrected chi connectivity index (χ4v) is 3.50.